The minimum absolute atomic E-state index is 0.759. The SMILES string of the molecule is Nc1ccc(-c2cccc(N)c2-c2cccc3ccccc23)cc1. The van der Waals surface area contributed by atoms with Crippen LogP contribution in [0.4, 0.5) is 11.4 Å². The number of anilines is 2. The van der Waals surface area contributed by atoms with Crippen LogP contribution < -0.4 is 11.5 Å². The summed E-state index contributed by atoms with van der Waals surface area (Å²) in [5.41, 5.74) is 18.2. The molecule has 0 unspecified atom stereocenters. The molecule has 24 heavy (non-hydrogen) atoms. The second-order valence-corrected chi connectivity index (χ2v) is 5.92. The van der Waals surface area contributed by atoms with Crippen LogP contribution in [0, 0.1) is 0 Å². The van der Waals surface area contributed by atoms with Gasteiger partial charge in [-0.2, -0.15) is 0 Å². The molecule has 0 radical (unpaired) electrons. The molecule has 0 amide bonds. The van der Waals surface area contributed by atoms with Gasteiger partial charge in [0.15, 0.2) is 0 Å². The third kappa shape index (κ3) is 2.38. The topological polar surface area (TPSA) is 52.0 Å². The standard InChI is InChI=1S/C22H18N2/c23-17-13-11-16(12-14-17)19-8-4-10-21(24)22(19)20-9-3-6-15-5-1-2-7-18(15)20/h1-14H,23-24H2. The van der Waals surface area contributed by atoms with E-state index in [0.29, 0.717) is 0 Å². The third-order valence-electron chi connectivity index (χ3n) is 4.38. The monoisotopic (exact) mass is 310 g/mol. The van der Waals surface area contributed by atoms with E-state index in [1.807, 2.05) is 36.4 Å². The molecule has 4 rings (SSSR count). The second-order valence-electron chi connectivity index (χ2n) is 5.92. The number of fused-ring (bicyclic) bond motifs is 1. The smallest absolute Gasteiger partial charge is 0.0400 e. The fourth-order valence-electron chi connectivity index (χ4n) is 3.22. The predicted octanol–water partition coefficient (Wildman–Crippen LogP) is 5.34. The van der Waals surface area contributed by atoms with Crippen molar-refractivity contribution < 1.29 is 0 Å². The lowest BCUT2D eigenvalue weighted by Crippen LogP contribution is -1.94. The summed E-state index contributed by atoms with van der Waals surface area (Å²) < 4.78 is 0. The first-order valence-corrected chi connectivity index (χ1v) is 7.96. The Morgan fingerprint density at radius 2 is 1.21 bits per heavy atom. The molecule has 2 nitrogen and oxygen atoms in total. The quantitative estimate of drug-likeness (QED) is 0.491. The molecule has 2 heteroatoms. The second kappa shape index (κ2) is 5.74. The fourth-order valence-corrected chi connectivity index (χ4v) is 3.22. The maximum atomic E-state index is 6.39. The van der Waals surface area contributed by atoms with Gasteiger partial charge in [0.25, 0.3) is 0 Å². The number of rotatable bonds is 2. The highest BCUT2D eigenvalue weighted by Crippen LogP contribution is 2.39. The van der Waals surface area contributed by atoms with Gasteiger partial charge in [0.05, 0.1) is 0 Å². The number of benzene rings is 4. The molecule has 0 saturated heterocycles. The molecule has 0 heterocycles. The van der Waals surface area contributed by atoms with Gasteiger partial charge in [-0.3, -0.25) is 0 Å². The third-order valence-corrected chi connectivity index (χ3v) is 4.38. The van der Waals surface area contributed by atoms with Crippen LogP contribution in [0.15, 0.2) is 84.9 Å². The zero-order valence-electron chi connectivity index (χ0n) is 13.2. The van der Waals surface area contributed by atoms with E-state index in [4.69, 9.17) is 11.5 Å². The Balaban J connectivity index is 2.03. The summed E-state index contributed by atoms with van der Waals surface area (Å²) in [5.74, 6) is 0. The van der Waals surface area contributed by atoms with Gasteiger partial charge in [0.1, 0.15) is 0 Å². The van der Waals surface area contributed by atoms with Crippen LogP contribution >= 0.6 is 0 Å². The predicted molar refractivity (Wildman–Crippen MR) is 104 cm³/mol. The van der Waals surface area contributed by atoms with Crippen molar-refractivity contribution in [3.8, 4) is 22.3 Å². The Morgan fingerprint density at radius 1 is 0.542 bits per heavy atom. The van der Waals surface area contributed by atoms with E-state index in [2.05, 4.69) is 48.5 Å². The lowest BCUT2D eigenvalue weighted by Gasteiger charge is -2.15. The van der Waals surface area contributed by atoms with Gasteiger partial charge in [0, 0.05) is 16.9 Å². The number of nitrogen functional groups attached to an aromatic ring is 2. The summed E-state index contributed by atoms with van der Waals surface area (Å²) in [6.45, 7) is 0. The first kappa shape index (κ1) is 14.3. The fraction of sp³-hybridized carbons (Fsp3) is 0. The van der Waals surface area contributed by atoms with Gasteiger partial charge in [-0.1, -0.05) is 66.7 Å². The molecule has 0 aliphatic heterocycles. The minimum atomic E-state index is 0.759. The highest BCUT2D eigenvalue weighted by atomic mass is 14.6. The summed E-state index contributed by atoms with van der Waals surface area (Å²) in [6.07, 6.45) is 0. The normalized spacial score (nSPS) is 10.8. The maximum absolute atomic E-state index is 6.39. The molecular weight excluding hydrogens is 292 g/mol. The van der Waals surface area contributed by atoms with Crippen molar-refractivity contribution in [3.63, 3.8) is 0 Å². The van der Waals surface area contributed by atoms with Crippen LogP contribution in [0.5, 0.6) is 0 Å². The Labute approximate surface area is 141 Å². The van der Waals surface area contributed by atoms with Crippen LogP contribution in [0.3, 0.4) is 0 Å². The molecule has 4 aromatic rings. The van der Waals surface area contributed by atoms with E-state index in [0.717, 1.165) is 33.6 Å². The van der Waals surface area contributed by atoms with E-state index in [9.17, 15) is 0 Å². The van der Waals surface area contributed by atoms with E-state index < -0.39 is 0 Å². The van der Waals surface area contributed by atoms with Crippen molar-refractivity contribution in [2.75, 3.05) is 11.5 Å². The Bertz CT molecular complexity index is 1010. The molecule has 4 aromatic carbocycles. The minimum Gasteiger partial charge on any atom is -0.399 e. The lowest BCUT2D eigenvalue weighted by molar-refractivity contribution is 1.59. The van der Waals surface area contributed by atoms with Crippen LogP contribution in [-0.4, -0.2) is 0 Å². The molecule has 0 bridgehead atoms. The zero-order valence-corrected chi connectivity index (χ0v) is 13.2. The van der Waals surface area contributed by atoms with Gasteiger partial charge in [-0.05, 0) is 45.7 Å². The van der Waals surface area contributed by atoms with Crippen LogP contribution in [-0.2, 0) is 0 Å². The molecule has 0 aliphatic carbocycles. The lowest BCUT2D eigenvalue weighted by atomic mass is 9.90. The molecule has 116 valence electrons. The van der Waals surface area contributed by atoms with E-state index in [1.165, 1.54) is 10.8 Å². The van der Waals surface area contributed by atoms with Crippen molar-refractivity contribution in [3.05, 3.63) is 84.9 Å². The average molecular weight is 310 g/mol. The summed E-state index contributed by atoms with van der Waals surface area (Å²) in [4.78, 5) is 0. The Hall–Kier alpha value is -3.26. The molecule has 0 atom stereocenters. The van der Waals surface area contributed by atoms with Crippen molar-refractivity contribution in [2.24, 2.45) is 0 Å². The molecule has 0 saturated carbocycles. The average Bonchev–Trinajstić information content (AvgIpc) is 2.62. The summed E-state index contributed by atoms with van der Waals surface area (Å²) in [7, 11) is 0. The van der Waals surface area contributed by atoms with Gasteiger partial charge in [-0.15, -0.1) is 0 Å². The first-order chi connectivity index (χ1) is 11.7. The Morgan fingerprint density at radius 3 is 2.04 bits per heavy atom. The largest absolute Gasteiger partial charge is 0.399 e. The van der Waals surface area contributed by atoms with Gasteiger partial charge < -0.3 is 11.5 Å². The number of nitrogens with two attached hydrogens (primary N) is 2. The molecule has 0 spiro atoms. The molecule has 4 N–H and O–H groups in total. The first-order valence-electron chi connectivity index (χ1n) is 7.96. The van der Waals surface area contributed by atoms with Crippen LogP contribution in [0.2, 0.25) is 0 Å². The van der Waals surface area contributed by atoms with Crippen LogP contribution in [0.25, 0.3) is 33.0 Å². The zero-order chi connectivity index (χ0) is 16.5. The van der Waals surface area contributed by atoms with Crippen molar-refractivity contribution in [1.82, 2.24) is 0 Å². The van der Waals surface area contributed by atoms with Crippen LogP contribution in [0.1, 0.15) is 0 Å². The highest BCUT2D eigenvalue weighted by molar-refractivity contribution is 6.03. The molecule has 0 aromatic heterocycles. The van der Waals surface area contributed by atoms with Crippen molar-refractivity contribution >= 4 is 22.1 Å². The molecule has 0 aliphatic rings. The van der Waals surface area contributed by atoms with Gasteiger partial charge >= 0.3 is 0 Å². The van der Waals surface area contributed by atoms with Gasteiger partial charge in [0.2, 0.25) is 0 Å². The summed E-state index contributed by atoms with van der Waals surface area (Å²) in [5, 5.41) is 2.41. The van der Waals surface area contributed by atoms with E-state index >= 15 is 0 Å². The molecule has 0 fully saturated rings. The van der Waals surface area contributed by atoms with Crippen molar-refractivity contribution in [2.45, 2.75) is 0 Å². The molecular formula is C22H18N2. The Kier molecular flexibility index (Phi) is 3.43. The van der Waals surface area contributed by atoms with Crippen molar-refractivity contribution in [1.29, 1.82) is 0 Å². The van der Waals surface area contributed by atoms with E-state index in [-0.39, 0.29) is 0 Å². The summed E-state index contributed by atoms with van der Waals surface area (Å²) >= 11 is 0. The number of hydrogen-bond donors (Lipinski definition) is 2. The summed E-state index contributed by atoms with van der Waals surface area (Å²) in [6, 6.07) is 28.7. The van der Waals surface area contributed by atoms with E-state index in [1.54, 1.807) is 0 Å². The highest BCUT2D eigenvalue weighted by Gasteiger charge is 2.13. The maximum Gasteiger partial charge on any atom is 0.0400 e. The number of hydrogen-bond acceptors (Lipinski definition) is 2. The van der Waals surface area contributed by atoms with Gasteiger partial charge in [-0.25, -0.2) is 0 Å².